The molecule has 2 heterocycles. The zero-order valence-corrected chi connectivity index (χ0v) is 14.6. The van der Waals surface area contributed by atoms with Crippen LogP contribution in [-0.4, -0.2) is 40.8 Å². The maximum atomic E-state index is 10.5. The Morgan fingerprint density at radius 2 is 2.12 bits per heavy atom. The summed E-state index contributed by atoms with van der Waals surface area (Å²) in [7, 11) is 0. The third-order valence-corrected chi connectivity index (χ3v) is 6.03. The molecule has 1 saturated heterocycles. The summed E-state index contributed by atoms with van der Waals surface area (Å²) in [5.74, 6) is 0.726. The molecule has 24 heavy (non-hydrogen) atoms. The Morgan fingerprint density at radius 3 is 2.92 bits per heavy atom. The predicted octanol–water partition coefficient (Wildman–Crippen LogP) is 3.35. The molecule has 2 unspecified atom stereocenters. The maximum absolute atomic E-state index is 10.5. The molecule has 2 aromatic rings. The minimum atomic E-state index is -0.441. The molecule has 2 atom stereocenters. The maximum Gasteiger partial charge on any atom is 0.0959 e. The zero-order chi connectivity index (χ0) is 16.4. The third kappa shape index (κ3) is 3.86. The second kappa shape index (κ2) is 7.31. The number of morpholine rings is 1. The van der Waals surface area contributed by atoms with Gasteiger partial charge in [-0.1, -0.05) is 30.3 Å². The number of thiazole rings is 1. The van der Waals surface area contributed by atoms with Crippen LogP contribution in [0, 0.1) is 0 Å². The number of aromatic nitrogens is 1. The summed E-state index contributed by atoms with van der Waals surface area (Å²) in [6.07, 6.45) is 4.91. The van der Waals surface area contributed by atoms with E-state index in [1.807, 2.05) is 47.9 Å². The van der Waals surface area contributed by atoms with Crippen LogP contribution in [0.2, 0.25) is 0 Å². The Morgan fingerprint density at radius 1 is 1.29 bits per heavy atom. The molecule has 5 heteroatoms. The van der Waals surface area contributed by atoms with E-state index in [0.717, 1.165) is 31.2 Å². The Hall–Kier alpha value is -1.27. The van der Waals surface area contributed by atoms with Gasteiger partial charge >= 0.3 is 0 Å². The summed E-state index contributed by atoms with van der Waals surface area (Å²) in [4.78, 5) is 8.36. The van der Waals surface area contributed by atoms with E-state index in [0.29, 0.717) is 13.0 Å². The van der Waals surface area contributed by atoms with Crippen molar-refractivity contribution in [2.45, 2.75) is 43.9 Å². The van der Waals surface area contributed by atoms with Crippen molar-refractivity contribution >= 4 is 11.3 Å². The van der Waals surface area contributed by atoms with Gasteiger partial charge in [0.25, 0.3) is 0 Å². The molecule has 0 spiro atoms. The molecule has 1 aromatic heterocycles. The van der Waals surface area contributed by atoms with Gasteiger partial charge in [-0.15, -0.1) is 11.3 Å². The van der Waals surface area contributed by atoms with E-state index < -0.39 is 6.10 Å². The normalized spacial score (nSPS) is 23.3. The van der Waals surface area contributed by atoms with Crippen LogP contribution >= 0.6 is 11.3 Å². The molecular weight excluding hydrogens is 320 g/mol. The summed E-state index contributed by atoms with van der Waals surface area (Å²) >= 11 is 1.86. The number of ether oxygens (including phenoxy) is 1. The van der Waals surface area contributed by atoms with Crippen LogP contribution in [-0.2, 0) is 11.3 Å². The Bertz CT molecular complexity index is 656. The van der Waals surface area contributed by atoms with Crippen molar-refractivity contribution in [3.63, 3.8) is 0 Å². The number of hydrogen-bond acceptors (Lipinski definition) is 5. The minimum Gasteiger partial charge on any atom is -0.388 e. The van der Waals surface area contributed by atoms with E-state index in [1.54, 1.807) is 0 Å². The molecule has 0 radical (unpaired) electrons. The number of hydrogen-bond donors (Lipinski definition) is 1. The highest BCUT2D eigenvalue weighted by molar-refractivity contribution is 7.11. The number of nitrogens with zero attached hydrogens (tertiary/aromatic N) is 2. The first kappa shape index (κ1) is 16.2. The van der Waals surface area contributed by atoms with Crippen LogP contribution in [0.4, 0.5) is 0 Å². The second-order valence-electron chi connectivity index (χ2n) is 6.80. The third-order valence-electron chi connectivity index (χ3n) is 4.89. The number of benzene rings is 1. The lowest BCUT2D eigenvalue weighted by molar-refractivity contribution is -0.0296. The van der Waals surface area contributed by atoms with Gasteiger partial charge in [0.15, 0.2) is 0 Å². The van der Waals surface area contributed by atoms with Crippen LogP contribution in [0.15, 0.2) is 36.5 Å². The van der Waals surface area contributed by atoms with Crippen LogP contribution in [0.3, 0.4) is 0 Å². The molecule has 4 nitrogen and oxygen atoms in total. The van der Waals surface area contributed by atoms with Crippen molar-refractivity contribution < 1.29 is 9.84 Å². The summed E-state index contributed by atoms with van der Waals surface area (Å²) in [5, 5.41) is 11.9. The Balaban J connectivity index is 1.40. The fourth-order valence-corrected chi connectivity index (χ4v) is 4.41. The first-order chi connectivity index (χ1) is 11.8. The van der Waals surface area contributed by atoms with E-state index in [-0.39, 0.29) is 6.04 Å². The molecule has 128 valence electrons. The highest BCUT2D eigenvalue weighted by Gasteiger charge is 2.29. The van der Waals surface area contributed by atoms with Crippen LogP contribution in [0.25, 0.3) is 0 Å². The summed E-state index contributed by atoms with van der Waals surface area (Å²) < 4.78 is 5.68. The van der Waals surface area contributed by atoms with Gasteiger partial charge in [0.1, 0.15) is 0 Å². The SMILES string of the molecule is OC(CC1COCCN1Cc1cnc(C2CC2)s1)c1ccccc1. The first-order valence-corrected chi connectivity index (χ1v) is 9.60. The average Bonchev–Trinajstić information content (AvgIpc) is 3.37. The molecular formula is C19H24N2O2S. The molecule has 1 aromatic carbocycles. The largest absolute Gasteiger partial charge is 0.388 e. The van der Waals surface area contributed by atoms with E-state index in [9.17, 15) is 5.11 Å². The Kier molecular flexibility index (Phi) is 4.94. The lowest BCUT2D eigenvalue weighted by Gasteiger charge is -2.36. The monoisotopic (exact) mass is 344 g/mol. The zero-order valence-electron chi connectivity index (χ0n) is 13.8. The van der Waals surface area contributed by atoms with Crippen LogP contribution in [0.5, 0.6) is 0 Å². The lowest BCUT2D eigenvalue weighted by atomic mass is 10.0. The van der Waals surface area contributed by atoms with Gasteiger partial charge in [0.05, 0.1) is 24.3 Å². The first-order valence-electron chi connectivity index (χ1n) is 8.79. The molecule has 2 aliphatic rings. The van der Waals surface area contributed by atoms with Crippen LogP contribution < -0.4 is 0 Å². The van der Waals surface area contributed by atoms with Gasteiger partial charge in [0.2, 0.25) is 0 Å². The average molecular weight is 344 g/mol. The standard InChI is InChI=1S/C19H24N2O2S/c22-18(14-4-2-1-3-5-14)10-16-13-23-9-8-21(16)12-17-11-20-19(24-17)15-6-7-15/h1-5,11,15-16,18,22H,6-10,12-13H2. The fraction of sp³-hybridized carbons (Fsp3) is 0.526. The molecule has 0 bridgehead atoms. The number of aliphatic hydroxyl groups excluding tert-OH is 1. The molecule has 4 rings (SSSR count). The molecule has 2 fully saturated rings. The van der Waals surface area contributed by atoms with E-state index >= 15 is 0 Å². The number of aliphatic hydroxyl groups is 1. The summed E-state index contributed by atoms with van der Waals surface area (Å²) in [6.45, 7) is 3.30. The molecule has 1 saturated carbocycles. The van der Waals surface area contributed by atoms with Crippen LogP contribution in [0.1, 0.15) is 46.7 Å². The van der Waals surface area contributed by atoms with E-state index in [2.05, 4.69) is 9.88 Å². The van der Waals surface area contributed by atoms with Gasteiger partial charge in [-0.05, 0) is 24.8 Å². The van der Waals surface area contributed by atoms with Gasteiger partial charge in [0, 0.05) is 36.1 Å². The highest BCUT2D eigenvalue weighted by atomic mass is 32.1. The highest BCUT2D eigenvalue weighted by Crippen LogP contribution is 2.42. The van der Waals surface area contributed by atoms with E-state index in [1.165, 1.54) is 22.7 Å². The van der Waals surface area contributed by atoms with Crippen molar-refractivity contribution in [1.82, 2.24) is 9.88 Å². The van der Waals surface area contributed by atoms with Crippen molar-refractivity contribution in [3.8, 4) is 0 Å². The summed E-state index contributed by atoms with van der Waals surface area (Å²) in [6, 6.07) is 10.2. The quantitative estimate of drug-likeness (QED) is 0.873. The Labute approximate surface area is 147 Å². The number of rotatable bonds is 6. The topological polar surface area (TPSA) is 45.6 Å². The van der Waals surface area contributed by atoms with Gasteiger partial charge in [-0.3, -0.25) is 4.90 Å². The van der Waals surface area contributed by atoms with Crippen molar-refractivity contribution in [2.24, 2.45) is 0 Å². The van der Waals surface area contributed by atoms with Crippen molar-refractivity contribution in [2.75, 3.05) is 19.8 Å². The lowest BCUT2D eigenvalue weighted by Crippen LogP contribution is -2.45. The van der Waals surface area contributed by atoms with Gasteiger partial charge < -0.3 is 9.84 Å². The minimum absolute atomic E-state index is 0.250. The molecule has 1 aliphatic carbocycles. The van der Waals surface area contributed by atoms with Crippen molar-refractivity contribution in [1.29, 1.82) is 0 Å². The van der Waals surface area contributed by atoms with Gasteiger partial charge in [-0.25, -0.2) is 4.98 Å². The molecule has 0 amide bonds. The smallest absolute Gasteiger partial charge is 0.0959 e. The van der Waals surface area contributed by atoms with E-state index in [4.69, 9.17) is 4.74 Å². The predicted molar refractivity (Wildman–Crippen MR) is 95.1 cm³/mol. The fourth-order valence-electron chi connectivity index (χ4n) is 3.30. The second-order valence-corrected chi connectivity index (χ2v) is 7.95. The molecule has 1 aliphatic heterocycles. The van der Waals surface area contributed by atoms with Gasteiger partial charge in [-0.2, -0.15) is 0 Å². The van der Waals surface area contributed by atoms with Crippen molar-refractivity contribution in [3.05, 3.63) is 52.0 Å². The summed E-state index contributed by atoms with van der Waals surface area (Å²) in [5.41, 5.74) is 0.983. The molecule has 1 N–H and O–H groups in total.